The van der Waals surface area contributed by atoms with E-state index in [9.17, 15) is 4.79 Å². The van der Waals surface area contributed by atoms with Crippen LogP contribution in [-0.2, 0) is 0 Å². The van der Waals surface area contributed by atoms with E-state index in [0.29, 0.717) is 21.3 Å². The SMILES string of the molecule is CCC(C)CN(C)C(=O)c1sc2nnccc2c1N. The molecule has 0 fully saturated rings. The molecule has 0 aliphatic rings. The fraction of sp³-hybridized carbons (Fsp3) is 0.462. The normalized spacial score (nSPS) is 12.6. The number of hydrogen-bond donors (Lipinski definition) is 1. The van der Waals surface area contributed by atoms with Gasteiger partial charge in [-0.05, 0) is 12.0 Å². The van der Waals surface area contributed by atoms with E-state index in [-0.39, 0.29) is 5.91 Å². The summed E-state index contributed by atoms with van der Waals surface area (Å²) in [5, 5.41) is 8.62. The fourth-order valence-electron chi connectivity index (χ4n) is 1.88. The minimum Gasteiger partial charge on any atom is -0.397 e. The lowest BCUT2D eigenvalue weighted by molar-refractivity contribution is 0.0780. The summed E-state index contributed by atoms with van der Waals surface area (Å²) in [7, 11) is 1.81. The number of amides is 1. The molecule has 0 saturated heterocycles. The van der Waals surface area contributed by atoms with E-state index in [1.165, 1.54) is 11.3 Å². The average molecular weight is 278 g/mol. The molecule has 1 unspecified atom stereocenters. The molecule has 2 aromatic rings. The molecular formula is C13H18N4OS. The monoisotopic (exact) mass is 278 g/mol. The number of thiophene rings is 1. The Bertz CT molecular complexity index is 595. The van der Waals surface area contributed by atoms with Gasteiger partial charge >= 0.3 is 0 Å². The number of carbonyl (C=O) groups excluding carboxylic acids is 1. The number of nitrogen functional groups attached to an aromatic ring is 1. The molecule has 1 atom stereocenters. The molecule has 0 aromatic carbocycles. The van der Waals surface area contributed by atoms with E-state index in [2.05, 4.69) is 24.0 Å². The van der Waals surface area contributed by atoms with E-state index >= 15 is 0 Å². The van der Waals surface area contributed by atoms with Gasteiger partial charge in [0.2, 0.25) is 0 Å². The lowest BCUT2D eigenvalue weighted by Crippen LogP contribution is -2.30. The van der Waals surface area contributed by atoms with Crippen LogP contribution in [0.3, 0.4) is 0 Å². The molecule has 0 bridgehead atoms. The smallest absolute Gasteiger partial charge is 0.265 e. The number of anilines is 1. The quantitative estimate of drug-likeness (QED) is 0.932. The second kappa shape index (κ2) is 5.52. The number of nitrogens with two attached hydrogens (primary N) is 1. The first-order chi connectivity index (χ1) is 9.04. The summed E-state index contributed by atoms with van der Waals surface area (Å²) in [6, 6.07) is 1.79. The Morgan fingerprint density at radius 3 is 2.95 bits per heavy atom. The first kappa shape index (κ1) is 13.7. The zero-order chi connectivity index (χ0) is 14.0. The lowest BCUT2D eigenvalue weighted by atomic mass is 10.1. The van der Waals surface area contributed by atoms with Crippen LogP contribution in [0.2, 0.25) is 0 Å². The molecular weight excluding hydrogens is 260 g/mol. The number of nitrogens with zero attached hydrogens (tertiary/aromatic N) is 3. The van der Waals surface area contributed by atoms with Crippen molar-refractivity contribution in [3.8, 4) is 0 Å². The van der Waals surface area contributed by atoms with E-state index in [1.54, 1.807) is 17.2 Å². The summed E-state index contributed by atoms with van der Waals surface area (Å²) < 4.78 is 0. The molecule has 0 spiro atoms. The molecule has 5 nitrogen and oxygen atoms in total. The lowest BCUT2D eigenvalue weighted by Gasteiger charge is -2.20. The van der Waals surface area contributed by atoms with E-state index in [1.807, 2.05) is 7.05 Å². The summed E-state index contributed by atoms with van der Waals surface area (Å²) >= 11 is 1.31. The molecule has 2 N–H and O–H groups in total. The Morgan fingerprint density at radius 2 is 2.32 bits per heavy atom. The van der Waals surface area contributed by atoms with Gasteiger partial charge in [-0.1, -0.05) is 20.3 Å². The Hall–Kier alpha value is -1.69. The highest BCUT2D eigenvalue weighted by Gasteiger charge is 2.21. The van der Waals surface area contributed by atoms with Crippen molar-refractivity contribution in [3.63, 3.8) is 0 Å². The van der Waals surface area contributed by atoms with Gasteiger partial charge in [0.15, 0.2) is 0 Å². The van der Waals surface area contributed by atoms with Crippen LogP contribution in [0.5, 0.6) is 0 Å². The predicted octanol–water partition coefficient (Wildman–Crippen LogP) is 2.39. The molecule has 2 heterocycles. The Kier molecular flexibility index (Phi) is 3.99. The number of fused-ring (bicyclic) bond motifs is 1. The summed E-state index contributed by atoms with van der Waals surface area (Å²) in [4.78, 5) is 15.4. The second-order valence-corrected chi connectivity index (χ2v) is 5.79. The molecule has 6 heteroatoms. The summed E-state index contributed by atoms with van der Waals surface area (Å²) in [6.45, 7) is 4.98. The van der Waals surface area contributed by atoms with Crippen LogP contribution in [0.25, 0.3) is 10.2 Å². The zero-order valence-electron chi connectivity index (χ0n) is 11.4. The maximum absolute atomic E-state index is 12.4. The largest absolute Gasteiger partial charge is 0.397 e. The zero-order valence-corrected chi connectivity index (χ0v) is 12.2. The molecule has 19 heavy (non-hydrogen) atoms. The van der Waals surface area contributed by atoms with Crippen LogP contribution in [0.4, 0.5) is 5.69 Å². The number of carbonyl (C=O) groups is 1. The third kappa shape index (κ3) is 2.68. The predicted molar refractivity (Wildman–Crippen MR) is 78.2 cm³/mol. The van der Waals surface area contributed by atoms with Crippen LogP contribution >= 0.6 is 11.3 Å². The van der Waals surface area contributed by atoms with Crippen molar-refractivity contribution in [1.82, 2.24) is 15.1 Å². The van der Waals surface area contributed by atoms with Gasteiger partial charge in [-0.2, -0.15) is 5.10 Å². The first-order valence-electron chi connectivity index (χ1n) is 6.29. The van der Waals surface area contributed by atoms with Crippen molar-refractivity contribution in [2.24, 2.45) is 5.92 Å². The van der Waals surface area contributed by atoms with Gasteiger partial charge in [0.25, 0.3) is 5.91 Å². The van der Waals surface area contributed by atoms with Crippen molar-refractivity contribution in [2.45, 2.75) is 20.3 Å². The molecule has 0 aliphatic heterocycles. The van der Waals surface area contributed by atoms with Gasteiger partial charge in [-0.25, -0.2) is 0 Å². The highest BCUT2D eigenvalue weighted by molar-refractivity contribution is 7.21. The molecule has 1 amide bonds. The molecule has 102 valence electrons. The minimum absolute atomic E-state index is 0.0409. The molecule has 2 rings (SSSR count). The van der Waals surface area contributed by atoms with Crippen molar-refractivity contribution >= 4 is 33.1 Å². The van der Waals surface area contributed by atoms with Gasteiger partial charge < -0.3 is 10.6 Å². The standard InChI is InChI=1S/C13H18N4OS/c1-4-8(2)7-17(3)13(18)11-10(14)9-5-6-15-16-12(9)19-11/h5-6,8H,4,7,14H2,1-3H3. The van der Waals surface area contributed by atoms with Crippen molar-refractivity contribution in [1.29, 1.82) is 0 Å². The molecule has 2 aromatic heterocycles. The Morgan fingerprint density at radius 1 is 1.58 bits per heavy atom. The molecule has 0 aliphatic carbocycles. The molecule has 0 saturated carbocycles. The van der Waals surface area contributed by atoms with Gasteiger partial charge in [0.05, 0.1) is 11.9 Å². The van der Waals surface area contributed by atoms with E-state index < -0.39 is 0 Å². The van der Waals surface area contributed by atoms with Gasteiger partial charge in [-0.3, -0.25) is 4.79 Å². The topological polar surface area (TPSA) is 72.1 Å². The number of rotatable bonds is 4. The van der Waals surface area contributed by atoms with Gasteiger partial charge in [-0.15, -0.1) is 16.4 Å². The average Bonchev–Trinajstić information content (AvgIpc) is 2.75. The minimum atomic E-state index is -0.0409. The van der Waals surface area contributed by atoms with Crippen LogP contribution in [0.1, 0.15) is 29.9 Å². The maximum Gasteiger partial charge on any atom is 0.265 e. The Labute approximate surface area is 116 Å². The van der Waals surface area contributed by atoms with Crippen LogP contribution in [0, 0.1) is 5.92 Å². The third-order valence-corrected chi connectivity index (χ3v) is 4.34. The van der Waals surface area contributed by atoms with Gasteiger partial charge in [0.1, 0.15) is 9.71 Å². The third-order valence-electron chi connectivity index (χ3n) is 3.24. The summed E-state index contributed by atoms with van der Waals surface area (Å²) in [5.74, 6) is 0.435. The highest BCUT2D eigenvalue weighted by Crippen LogP contribution is 2.32. The summed E-state index contributed by atoms with van der Waals surface area (Å²) in [6.07, 6.45) is 2.63. The number of aromatic nitrogens is 2. The van der Waals surface area contributed by atoms with Crippen molar-refractivity contribution < 1.29 is 4.79 Å². The van der Waals surface area contributed by atoms with Crippen LogP contribution in [-0.4, -0.2) is 34.6 Å². The highest BCUT2D eigenvalue weighted by atomic mass is 32.1. The Balaban J connectivity index is 2.28. The second-order valence-electron chi connectivity index (χ2n) is 4.79. The van der Waals surface area contributed by atoms with Gasteiger partial charge in [0, 0.05) is 19.0 Å². The summed E-state index contributed by atoms with van der Waals surface area (Å²) in [5.41, 5.74) is 6.55. The number of hydrogen-bond acceptors (Lipinski definition) is 5. The first-order valence-corrected chi connectivity index (χ1v) is 7.11. The van der Waals surface area contributed by atoms with Crippen molar-refractivity contribution in [2.75, 3.05) is 19.3 Å². The van der Waals surface area contributed by atoms with Crippen molar-refractivity contribution in [3.05, 3.63) is 17.1 Å². The molecule has 0 radical (unpaired) electrons. The van der Waals surface area contributed by atoms with E-state index in [0.717, 1.165) is 18.4 Å². The van der Waals surface area contributed by atoms with Crippen LogP contribution in [0.15, 0.2) is 12.3 Å². The van der Waals surface area contributed by atoms with E-state index in [4.69, 9.17) is 5.73 Å². The maximum atomic E-state index is 12.4. The van der Waals surface area contributed by atoms with Crippen LogP contribution < -0.4 is 5.73 Å². The fourth-order valence-corrected chi connectivity index (χ4v) is 2.92.